The van der Waals surface area contributed by atoms with Gasteiger partial charge in [0.2, 0.25) is 0 Å². The maximum absolute atomic E-state index is 14.7. The zero-order valence-corrected chi connectivity index (χ0v) is 19.0. The van der Waals surface area contributed by atoms with Crippen molar-refractivity contribution in [3.05, 3.63) is 0 Å². The van der Waals surface area contributed by atoms with Gasteiger partial charge < -0.3 is 29.5 Å². The Labute approximate surface area is 209 Å². The van der Waals surface area contributed by atoms with Crippen LogP contribution in [0.3, 0.4) is 0 Å². The molecule has 238 valence electrons. The van der Waals surface area contributed by atoms with Gasteiger partial charge in [0, 0.05) is 0 Å². The van der Waals surface area contributed by atoms with Crippen LogP contribution in [0.2, 0.25) is 0 Å². The molecule has 0 aromatic rings. The van der Waals surface area contributed by atoms with E-state index in [1.54, 1.807) is 0 Å². The molecule has 0 spiro atoms. The topological polar surface area (TPSA) is 88.4 Å². The van der Waals surface area contributed by atoms with Crippen LogP contribution >= 0.6 is 0 Å². The summed E-state index contributed by atoms with van der Waals surface area (Å²) in [7, 11) is 0. The van der Waals surface area contributed by atoms with Gasteiger partial charge in [0.05, 0.1) is 6.61 Å². The SMILES string of the molecule is CC1(C)OC[C@H]2O[C@@](O)(C(F)(F)C(F)(F)C(F)(F)C(F)(F)C(F)(F)C(F)(F)C(F)(F)C(F)(F)F)[C@H](O)[C@@H](O)[C@@H]2O1. The van der Waals surface area contributed by atoms with Crippen LogP contribution in [0.15, 0.2) is 0 Å². The normalized spacial score (nSPS) is 31.6. The van der Waals surface area contributed by atoms with E-state index in [2.05, 4.69) is 4.74 Å². The van der Waals surface area contributed by atoms with Gasteiger partial charge in [-0.2, -0.15) is 74.6 Å². The minimum Gasteiger partial charge on any atom is -0.387 e. The van der Waals surface area contributed by atoms with Gasteiger partial charge in [0.15, 0.2) is 5.79 Å². The lowest BCUT2D eigenvalue weighted by molar-refractivity contribution is -0.499. The number of fused-ring (bicyclic) bond motifs is 1. The minimum absolute atomic E-state index is 1.06. The van der Waals surface area contributed by atoms with Gasteiger partial charge in [-0.15, -0.1) is 0 Å². The Balaban J connectivity index is 2.63. The van der Waals surface area contributed by atoms with Crippen LogP contribution in [0.4, 0.5) is 74.6 Å². The molecule has 0 amide bonds. The van der Waals surface area contributed by atoms with Crippen LogP contribution < -0.4 is 0 Å². The van der Waals surface area contributed by atoms with Crippen molar-refractivity contribution in [2.45, 2.75) is 97.5 Å². The van der Waals surface area contributed by atoms with Gasteiger partial charge in [0.1, 0.15) is 24.4 Å². The smallest absolute Gasteiger partial charge is 0.387 e. The highest BCUT2D eigenvalue weighted by molar-refractivity contribution is 5.18. The predicted octanol–water partition coefficient (Wildman–Crippen LogP) is 3.96. The number of alkyl halides is 17. The maximum Gasteiger partial charge on any atom is 0.460 e. The fourth-order valence-corrected chi connectivity index (χ4v) is 3.57. The molecule has 23 heteroatoms. The van der Waals surface area contributed by atoms with Crippen molar-refractivity contribution in [3.63, 3.8) is 0 Å². The van der Waals surface area contributed by atoms with Crippen molar-refractivity contribution >= 4 is 0 Å². The van der Waals surface area contributed by atoms with E-state index >= 15 is 0 Å². The minimum atomic E-state index is -8.90. The van der Waals surface area contributed by atoms with Crippen molar-refractivity contribution in [3.8, 4) is 0 Å². The fourth-order valence-electron chi connectivity index (χ4n) is 3.57. The first-order valence-electron chi connectivity index (χ1n) is 10.0. The van der Waals surface area contributed by atoms with Gasteiger partial charge in [-0.25, -0.2) is 0 Å². The molecule has 2 heterocycles. The summed E-state index contributed by atoms with van der Waals surface area (Å²) in [5.74, 6) is -67.0. The molecule has 0 aliphatic carbocycles. The summed E-state index contributed by atoms with van der Waals surface area (Å²) < 4.78 is 244. The molecule has 0 bridgehead atoms. The first-order chi connectivity index (χ1) is 17.2. The molecule has 0 aromatic carbocycles. The third-order valence-corrected chi connectivity index (χ3v) is 5.95. The molecule has 6 nitrogen and oxygen atoms in total. The van der Waals surface area contributed by atoms with Crippen LogP contribution in [0, 0.1) is 0 Å². The van der Waals surface area contributed by atoms with Gasteiger partial charge in [-0.05, 0) is 13.8 Å². The molecule has 2 fully saturated rings. The van der Waals surface area contributed by atoms with E-state index in [1.807, 2.05) is 0 Å². The molecule has 0 radical (unpaired) electrons. The number of halogens is 17. The summed E-state index contributed by atoms with van der Waals surface area (Å²) in [6.07, 6.45) is -19.5. The Bertz CT molecular complexity index is 965. The summed E-state index contributed by atoms with van der Waals surface area (Å²) in [5, 5.41) is 29.6. The quantitative estimate of drug-likeness (QED) is 0.367. The molecule has 5 atom stereocenters. The van der Waals surface area contributed by atoms with E-state index in [0.29, 0.717) is 0 Å². The lowest BCUT2D eigenvalue weighted by Crippen LogP contribution is -2.81. The average molecular weight is 638 g/mol. The van der Waals surface area contributed by atoms with Gasteiger partial charge >= 0.3 is 47.6 Å². The molecule has 2 aliphatic rings. The predicted molar refractivity (Wildman–Crippen MR) is 87.4 cm³/mol. The zero-order valence-electron chi connectivity index (χ0n) is 19.0. The van der Waals surface area contributed by atoms with E-state index in [9.17, 15) is 90.0 Å². The maximum atomic E-state index is 14.7. The Morgan fingerprint density at radius 2 is 0.975 bits per heavy atom. The van der Waals surface area contributed by atoms with E-state index in [0.717, 1.165) is 13.8 Å². The van der Waals surface area contributed by atoms with Crippen LogP contribution in [-0.4, -0.2) is 106 Å². The third-order valence-electron chi connectivity index (χ3n) is 5.95. The van der Waals surface area contributed by atoms with Crippen molar-refractivity contribution < 1.29 is 104 Å². The molecule has 0 saturated carbocycles. The van der Waals surface area contributed by atoms with E-state index in [4.69, 9.17) is 9.47 Å². The number of aliphatic hydroxyl groups excluding tert-OH is 2. The Hall–Kier alpha value is -1.43. The monoisotopic (exact) mass is 638 g/mol. The second-order valence-corrected chi connectivity index (χ2v) is 9.10. The Morgan fingerprint density at radius 1 is 0.600 bits per heavy atom. The van der Waals surface area contributed by atoms with Gasteiger partial charge in [-0.3, -0.25) is 0 Å². The van der Waals surface area contributed by atoms with E-state index < -0.39 is 90.2 Å². The lowest BCUT2D eigenvalue weighted by atomic mass is 9.81. The number of aliphatic hydroxyl groups is 3. The van der Waals surface area contributed by atoms with Crippen molar-refractivity contribution in [2.24, 2.45) is 0 Å². The summed E-state index contributed by atoms with van der Waals surface area (Å²) in [6.45, 7) is 0.953. The fraction of sp³-hybridized carbons (Fsp3) is 1.00. The highest BCUT2D eigenvalue weighted by Crippen LogP contribution is 2.65. The molecule has 40 heavy (non-hydrogen) atoms. The molecule has 3 N–H and O–H groups in total. The first-order valence-corrected chi connectivity index (χ1v) is 10.0. The molecule has 2 saturated heterocycles. The van der Waals surface area contributed by atoms with E-state index in [-0.39, 0.29) is 0 Å². The Morgan fingerprint density at radius 3 is 1.38 bits per heavy atom. The number of hydrogen-bond donors (Lipinski definition) is 3. The average Bonchev–Trinajstić information content (AvgIpc) is 2.76. The largest absolute Gasteiger partial charge is 0.460 e. The van der Waals surface area contributed by atoms with Gasteiger partial charge in [0.25, 0.3) is 5.79 Å². The summed E-state index contributed by atoms with van der Waals surface area (Å²) in [5.41, 5.74) is 0. The van der Waals surface area contributed by atoms with Crippen LogP contribution in [0.25, 0.3) is 0 Å². The molecule has 0 aromatic heterocycles. The first kappa shape index (κ1) is 34.8. The lowest BCUT2D eigenvalue weighted by Gasteiger charge is -2.54. The second-order valence-electron chi connectivity index (χ2n) is 9.10. The Kier molecular flexibility index (Phi) is 7.85. The summed E-state index contributed by atoms with van der Waals surface area (Å²) in [4.78, 5) is 0. The van der Waals surface area contributed by atoms with Crippen molar-refractivity contribution in [2.75, 3.05) is 6.61 Å². The van der Waals surface area contributed by atoms with Gasteiger partial charge in [-0.1, -0.05) is 0 Å². The summed E-state index contributed by atoms with van der Waals surface area (Å²) >= 11 is 0. The highest BCUT2D eigenvalue weighted by Gasteiger charge is 2.97. The van der Waals surface area contributed by atoms with Crippen LogP contribution in [0.5, 0.6) is 0 Å². The molecule has 0 unspecified atom stereocenters. The summed E-state index contributed by atoms with van der Waals surface area (Å²) in [6, 6.07) is 0. The molecular weight excluding hydrogens is 623 g/mol. The van der Waals surface area contributed by atoms with Crippen molar-refractivity contribution in [1.29, 1.82) is 0 Å². The third kappa shape index (κ3) is 4.23. The molecule has 2 aliphatic heterocycles. The zero-order chi connectivity index (χ0) is 32.1. The van der Waals surface area contributed by atoms with E-state index in [1.165, 1.54) is 0 Å². The number of ether oxygens (including phenoxy) is 3. The van der Waals surface area contributed by atoms with Crippen LogP contribution in [0.1, 0.15) is 13.8 Å². The highest BCUT2D eigenvalue weighted by atomic mass is 19.4. The molecular formula is C17H15F17O6. The van der Waals surface area contributed by atoms with Crippen LogP contribution in [-0.2, 0) is 14.2 Å². The molecule has 2 rings (SSSR count). The second kappa shape index (κ2) is 9.04. The standard InChI is InChI=1S/C17H15F17O6/c1-8(2)38-3-4-6(40-8)5(35)7(36)9(37,39-4)10(18,19)11(20,21)12(22,23)13(24,25)14(26,27)15(28,29)16(30,31)17(32,33)34/h4-7,35-37H,3H2,1-2H3/t4-,5+,6-,7-,9-/m1/s1. The van der Waals surface area contributed by atoms with Crippen molar-refractivity contribution in [1.82, 2.24) is 0 Å². The number of hydrogen-bond acceptors (Lipinski definition) is 6. The number of rotatable bonds is 7.